The number of hydrogen-bond donors (Lipinski definition) is 2. The zero-order valence-corrected chi connectivity index (χ0v) is 13.0. The highest BCUT2D eigenvalue weighted by Crippen LogP contribution is 2.22. The van der Waals surface area contributed by atoms with Crippen molar-refractivity contribution in [1.82, 2.24) is 10.2 Å². The summed E-state index contributed by atoms with van der Waals surface area (Å²) in [7, 11) is 0. The number of hydrogen-bond acceptors (Lipinski definition) is 4. The fourth-order valence-corrected chi connectivity index (χ4v) is 2.43. The minimum atomic E-state index is -0.951. The lowest BCUT2D eigenvalue weighted by Gasteiger charge is -2.26. The highest BCUT2D eigenvalue weighted by atomic mass is 16.4. The van der Waals surface area contributed by atoms with Crippen molar-refractivity contribution in [3.05, 3.63) is 35.4 Å². The van der Waals surface area contributed by atoms with Crippen LogP contribution in [0.4, 0.5) is 0 Å². The molecule has 23 heavy (non-hydrogen) atoms. The normalized spacial score (nSPS) is 13.9. The van der Waals surface area contributed by atoms with E-state index in [1.165, 1.54) is 0 Å². The van der Waals surface area contributed by atoms with E-state index in [4.69, 9.17) is 5.11 Å². The molecule has 7 heteroatoms. The molecule has 1 heterocycles. The third-order valence-corrected chi connectivity index (χ3v) is 3.62. The number of benzene rings is 1. The number of carbonyl (C=O) groups is 4. The summed E-state index contributed by atoms with van der Waals surface area (Å²) in [4.78, 5) is 47.9. The van der Waals surface area contributed by atoms with Gasteiger partial charge in [0.1, 0.15) is 6.54 Å². The van der Waals surface area contributed by atoms with Crippen molar-refractivity contribution >= 4 is 23.7 Å². The molecule has 0 saturated heterocycles. The Kier molecular flexibility index (Phi) is 4.49. The molecule has 3 amide bonds. The molecule has 0 unspecified atom stereocenters. The van der Waals surface area contributed by atoms with Gasteiger partial charge in [0.2, 0.25) is 5.91 Å². The van der Waals surface area contributed by atoms with Gasteiger partial charge in [-0.05, 0) is 32.4 Å². The van der Waals surface area contributed by atoms with Crippen molar-refractivity contribution < 1.29 is 24.3 Å². The van der Waals surface area contributed by atoms with Crippen LogP contribution < -0.4 is 5.32 Å². The van der Waals surface area contributed by atoms with E-state index in [0.29, 0.717) is 0 Å². The largest absolute Gasteiger partial charge is 0.481 e. The van der Waals surface area contributed by atoms with Gasteiger partial charge in [-0.25, -0.2) is 0 Å². The van der Waals surface area contributed by atoms with Gasteiger partial charge in [0.25, 0.3) is 11.8 Å². The molecule has 2 rings (SSSR count). The maximum absolute atomic E-state index is 12.2. The molecular formula is C16H18N2O5. The molecule has 0 aromatic heterocycles. The number of amides is 3. The van der Waals surface area contributed by atoms with Gasteiger partial charge in [0, 0.05) is 12.0 Å². The van der Waals surface area contributed by atoms with Crippen LogP contribution in [0.1, 0.15) is 47.4 Å². The Morgan fingerprint density at radius 1 is 1.13 bits per heavy atom. The van der Waals surface area contributed by atoms with E-state index < -0.39 is 29.2 Å². The summed E-state index contributed by atoms with van der Waals surface area (Å²) in [5.41, 5.74) is -0.167. The first-order chi connectivity index (χ1) is 10.7. The van der Waals surface area contributed by atoms with E-state index >= 15 is 0 Å². The first kappa shape index (κ1) is 16.7. The third kappa shape index (κ3) is 3.74. The van der Waals surface area contributed by atoms with Crippen LogP contribution in [0, 0.1) is 0 Å². The summed E-state index contributed by atoms with van der Waals surface area (Å²) in [6.07, 6.45) is 0.163. The van der Waals surface area contributed by atoms with E-state index in [1.807, 2.05) is 0 Å². The van der Waals surface area contributed by atoms with Gasteiger partial charge in [-0.3, -0.25) is 24.1 Å². The molecular weight excluding hydrogens is 300 g/mol. The van der Waals surface area contributed by atoms with Gasteiger partial charge >= 0.3 is 5.97 Å². The smallest absolute Gasteiger partial charge is 0.303 e. The van der Waals surface area contributed by atoms with Crippen molar-refractivity contribution in [2.75, 3.05) is 6.54 Å². The molecule has 0 spiro atoms. The van der Waals surface area contributed by atoms with Crippen molar-refractivity contribution in [3.63, 3.8) is 0 Å². The Balaban J connectivity index is 2.00. The third-order valence-electron chi connectivity index (χ3n) is 3.62. The Labute approximate surface area is 133 Å². The molecule has 7 nitrogen and oxygen atoms in total. The van der Waals surface area contributed by atoms with Crippen molar-refractivity contribution in [3.8, 4) is 0 Å². The van der Waals surface area contributed by atoms with Crippen molar-refractivity contribution in [1.29, 1.82) is 0 Å². The lowest BCUT2D eigenvalue weighted by atomic mass is 9.98. The maximum Gasteiger partial charge on any atom is 0.303 e. The standard InChI is InChI=1S/C16H18N2O5/c1-16(2,8-7-13(20)21)17-12(19)9-18-14(22)10-5-3-4-6-11(10)15(18)23/h3-6H,7-9H2,1-2H3,(H,17,19)(H,20,21). The minimum Gasteiger partial charge on any atom is -0.481 e. The summed E-state index contributed by atoms with van der Waals surface area (Å²) in [6, 6.07) is 6.40. The summed E-state index contributed by atoms with van der Waals surface area (Å²) in [5.74, 6) is -2.45. The molecule has 0 bridgehead atoms. The predicted molar refractivity (Wildman–Crippen MR) is 80.9 cm³/mol. The summed E-state index contributed by atoms with van der Waals surface area (Å²) >= 11 is 0. The summed E-state index contributed by atoms with van der Waals surface area (Å²) < 4.78 is 0. The van der Waals surface area contributed by atoms with E-state index in [-0.39, 0.29) is 30.5 Å². The highest BCUT2D eigenvalue weighted by molar-refractivity contribution is 6.22. The molecule has 1 aliphatic heterocycles. The molecule has 0 atom stereocenters. The monoisotopic (exact) mass is 318 g/mol. The van der Waals surface area contributed by atoms with Crippen LogP contribution in [-0.2, 0) is 9.59 Å². The average Bonchev–Trinajstić information content (AvgIpc) is 2.70. The number of aliphatic carboxylic acids is 1. The number of fused-ring (bicyclic) bond motifs is 1. The number of rotatable bonds is 6. The quantitative estimate of drug-likeness (QED) is 0.763. The van der Waals surface area contributed by atoms with Crippen LogP contribution >= 0.6 is 0 Å². The number of carboxylic acid groups (broad SMARTS) is 1. The lowest BCUT2D eigenvalue weighted by Crippen LogP contribution is -2.49. The van der Waals surface area contributed by atoms with Crippen LogP contribution in [-0.4, -0.2) is 45.8 Å². The Morgan fingerprint density at radius 2 is 1.65 bits per heavy atom. The summed E-state index contributed by atoms with van der Waals surface area (Å²) in [6.45, 7) is 3.00. The maximum atomic E-state index is 12.2. The van der Waals surface area contributed by atoms with Crippen LogP contribution in [0.3, 0.4) is 0 Å². The molecule has 1 aromatic carbocycles. The Bertz CT molecular complexity index is 646. The van der Waals surface area contributed by atoms with E-state index in [9.17, 15) is 19.2 Å². The first-order valence-electron chi connectivity index (χ1n) is 7.19. The molecule has 2 N–H and O–H groups in total. The molecule has 1 aromatic rings. The number of carbonyl (C=O) groups excluding carboxylic acids is 3. The van der Waals surface area contributed by atoms with Crippen molar-refractivity contribution in [2.24, 2.45) is 0 Å². The zero-order valence-electron chi connectivity index (χ0n) is 13.0. The predicted octanol–water partition coefficient (Wildman–Crippen LogP) is 1.04. The van der Waals surface area contributed by atoms with Gasteiger partial charge in [-0.1, -0.05) is 12.1 Å². The van der Waals surface area contributed by atoms with E-state index in [2.05, 4.69) is 5.32 Å². The molecule has 0 radical (unpaired) electrons. The lowest BCUT2D eigenvalue weighted by molar-refractivity contribution is -0.137. The first-order valence-corrected chi connectivity index (χ1v) is 7.19. The fourth-order valence-electron chi connectivity index (χ4n) is 2.43. The molecule has 0 fully saturated rings. The summed E-state index contributed by atoms with van der Waals surface area (Å²) in [5, 5.41) is 11.4. The minimum absolute atomic E-state index is 0.0830. The van der Waals surface area contributed by atoms with Crippen LogP contribution in [0.15, 0.2) is 24.3 Å². The number of nitrogens with zero attached hydrogens (tertiary/aromatic N) is 1. The van der Waals surface area contributed by atoms with Crippen molar-refractivity contribution in [2.45, 2.75) is 32.2 Å². The van der Waals surface area contributed by atoms with Gasteiger partial charge in [-0.2, -0.15) is 0 Å². The average molecular weight is 318 g/mol. The van der Waals surface area contributed by atoms with Gasteiger partial charge in [0.05, 0.1) is 11.1 Å². The number of imide groups is 1. The SMILES string of the molecule is CC(C)(CCC(=O)O)NC(=O)CN1C(=O)c2ccccc2C1=O. The van der Waals surface area contributed by atoms with Gasteiger partial charge < -0.3 is 10.4 Å². The second-order valence-corrected chi connectivity index (χ2v) is 6.07. The van der Waals surface area contributed by atoms with Crippen LogP contribution in [0.25, 0.3) is 0 Å². The van der Waals surface area contributed by atoms with E-state index in [0.717, 1.165) is 4.90 Å². The molecule has 0 saturated carbocycles. The fraction of sp³-hybridized carbons (Fsp3) is 0.375. The molecule has 1 aliphatic rings. The molecule has 0 aliphatic carbocycles. The topological polar surface area (TPSA) is 104 Å². The van der Waals surface area contributed by atoms with Gasteiger partial charge in [-0.15, -0.1) is 0 Å². The highest BCUT2D eigenvalue weighted by Gasteiger charge is 2.36. The molecule has 122 valence electrons. The zero-order chi connectivity index (χ0) is 17.2. The second kappa shape index (κ2) is 6.20. The second-order valence-electron chi connectivity index (χ2n) is 6.07. The number of nitrogens with one attached hydrogen (secondary N) is 1. The van der Waals surface area contributed by atoms with Crippen LogP contribution in [0.2, 0.25) is 0 Å². The van der Waals surface area contributed by atoms with Gasteiger partial charge in [0.15, 0.2) is 0 Å². The number of carboxylic acids is 1. The Morgan fingerprint density at radius 3 is 2.13 bits per heavy atom. The Hall–Kier alpha value is -2.70. The van der Waals surface area contributed by atoms with E-state index in [1.54, 1.807) is 38.1 Å². The van der Waals surface area contributed by atoms with Crippen LogP contribution in [0.5, 0.6) is 0 Å².